The fourth-order valence-corrected chi connectivity index (χ4v) is 6.17. The van der Waals surface area contributed by atoms with Crippen molar-refractivity contribution in [1.29, 1.82) is 0 Å². The van der Waals surface area contributed by atoms with Gasteiger partial charge in [-0.3, -0.25) is 4.90 Å². The van der Waals surface area contributed by atoms with Crippen molar-refractivity contribution >= 4 is 17.2 Å². The van der Waals surface area contributed by atoms with Crippen LogP contribution in [0.15, 0.2) is 54.4 Å². The molecule has 0 saturated carbocycles. The number of hydrogen-bond donors (Lipinski definition) is 0. The standard InChI is InChI=1S/C35H41F6N5O2/c1-5-44-9-8-30(31-16-25(23(2)3)6-7-32(31)47-4)26(21-44)22-46(33-42-18-29(19-43-33)45-10-12-48-13-11-45)20-24-14-27(34(36,37)38)17-28(15-24)35(39,40)41/h6-7,14-19,23H,5,8-13,20-22H2,1-4H3. The van der Waals surface area contributed by atoms with Gasteiger partial charge in [-0.05, 0) is 71.5 Å². The number of benzene rings is 2. The van der Waals surface area contributed by atoms with Crippen LogP contribution in [0.25, 0.3) is 5.57 Å². The Balaban J connectivity index is 1.61. The predicted molar refractivity (Wildman–Crippen MR) is 173 cm³/mol. The van der Waals surface area contributed by atoms with Crippen LogP contribution in [0.4, 0.5) is 38.0 Å². The van der Waals surface area contributed by atoms with Crippen molar-refractivity contribution in [3.63, 3.8) is 0 Å². The first-order valence-corrected chi connectivity index (χ1v) is 16.1. The van der Waals surface area contributed by atoms with E-state index < -0.39 is 23.5 Å². The van der Waals surface area contributed by atoms with Gasteiger partial charge in [-0.25, -0.2) is 9.97 Å². The smallest absolute Gasteiger partial charge is 0.416 e. The zero-order valence-electron chi connectivity index (χ0n) is 27.6. The second-order valence-electron chi connectivity index (χ2n) is 12.4. The average Bonchev–Trinajstić information content (AvgIpc) is 3.07. The van der Waals surface area contributed by atoms with Gasteiger partial charge < -0.3 is 19.3 Å². The Morgan fingerprint density at radius 3 is 2.10 bits per heavy atom. The molecule has 48 heavy (non-hydrogen) atoms. The highest BCUT2D eigenvalue weighted by Crippen LogP contribution is 2.39. The van der Waals surface area contributed by atoms with E-state index >= 15 is 0 Å². The SMILES string of the molecule is CCN1CCC(c2cc(C(C)C)ccc2OC)=C(CN(Cc2cc(C(F)(F)F)cc(C(F)(F)F)c2)c2ncc(N3CCOCC3)cn2)C1. The molecule has 260 valence electrons. The highest BCUT2D eigenvalue weighted by atomic mass is 19.4. The van der Waals surface area contributed by atoms with Gasteiger partial charge in [0.25, 0.3) is 0 Å². The van der Waals surface area contributed by atoms with Gasteiger partial charge in [-0.15, -0.1) is 0 Å². The summed E-state index contributed by atoms with van der Waals surface area (Å²) in [4.78, 5) is 15.2. The Bertz CT molecular complexity index is 1550. The summed E-state index contributed by atoms with van der Waals surface area (Å²) in [6.07, 6.45) is -5.96. The van der Waals surface area contributed by atoms with Gasteiger partial charge in [-0.2, -0.15) is 26.3 Å². The van der Waals surface area contributed by atoms with Crippen LogP contribution in [-0.2, 0) is 23.6 Å². The number of nitrogens with zero attached hydrogens (tertiary/aromatic N) is 5. The van der Waals surface area contributed by atoms with Gasteiger partial charge in [-0.1, -0.05) is 26.8 Å². The first-order chi connectivity index (χ1) is 22.8. The molecule has 13 heteroatoms. The fraction of sp³-hybridized carbons (Fsp3) is 0.486. The summed E-state index contributed by atoms with van der Waals surface area (Å²) in [5, 5.41) is 0. The van der Waals surface area contributed by atoms with Gasteiger partial charge in [0.2, 0.25) is 5.95 Å². The summed E-state index contributed by atoms with van der Waals surface area (Å²) in [7, 11) is 1.61. The van der Waals surface area contributed by atoms with E-state index in [1.54, 1.807) is 24.4 Å². The van der Waals surface area contributed by atoms with Crippen molar-refractivity contribution < 1.29 is 35.8 Å². The van der Waals surface area contributed by atoms with E-state index in [4.69, 9.17) is 9.47 Å². The van der Waals surface area contributed by atoms with Crippen LogP contribution in [0, 0.1) is 0 Å². The third-order valence-electron chi connectivity index (χ3n) is 8.87. The van der Waals surface area contributed by atoms with Crippen LogP contribution in [0.1, 0.15) is 60.9 Å². The number of likely N-dealkylation sites (N-methyl/N-ethyl adjacent to an activating group) is 1. The molecule has 7 nitrogen and oxygen atoms in total. The van der Waals surface area contributed by atoms with Crippen molar-refractivity contribution in [2.75, 3.05) is 69.4 Å². The first-order valence-electron chi connectivity index (χ1n) is 16.1. The predicted octanol–water partition coefficient (Wildman–Crippen LogP) is 7.67. The summed E-state index contributed by atoms with van der Waals surface area (Å²) in [6, 6.07) is 7.77. The number of halogens is 6. The van der Waals surface area contributed by atoms with Crippen LogP contribution in [-0.4, -0.2) is 74.5 Å². The van der Waals surface area contributed by atoms with E-state index in [1.807, 2.05) is 12.1 Å². The lowest BCUT2D eigenvalue weighted by molar-refractivity contribution is -0.143. The van der Waals surface area contributed by atoms with Crippen molar-refractivity contribution in [2.45, 2.75) is 52.0 Å². The van der Waals surface area contributed by atoms with Gasteiger partial charge in [0.1, 0.15) is 5.75 Å². The van der Waals surface area contributed by atoms with Gasteiger partial charge >= 0.3 is 12.4 Å². The van der Waals surface area contributed by atoms with Crippen LogP contribution in [0.3, 0.4) is 0 Å². The van der Waals surface area contributed by atoms with Gasteiger partial charge in [0.05, 0.1) is 49.5 Å². The number of aromatic nitrogens is 2. The van der Waals surface area contributed by atoms with Gasteiger partial charge in [0, 0.05) is 44.8 Å². The molecule has 0 aliphatic carbocycles. The van der Waals surface area contributed by atoms with Crippen molar-refractivity contribution in [3.05, 3.63) is 82.2 Å². The molecule has 0 N–H and O–H groups in total. The van der Waals surface area contributed by atoms with Crippen molar-refractivity contribution in [3.8, 4) is 5.75 Å². The van der Waals surface area contributed by atoms with E-state index in [-0.39, 0.29) is 36.6 Å². The summed E-state index contributed by atoms with van der Waals surface area (Å²) in [5.41, 5.74) is 1.93. The minimum atomic E-state index is -4.96. The summed E-state index contributed by atoms with van der Waals surface area (Å²) in [6.45, 7) is 10.7. The van der Waals surface area contributed by atoms with E-state index in [0.29, 0.717) is 45.0 Å². The second-order valence-corrected chi connectivity index (χ2v) is 12.4. The quantitative estimate of drug-likeness (QED) is 0.204. The van der Waals surface area contributed by atoms with Crippen molar-refractivity contribution in [1.82, 2.24) is 14.9 Å². The second kappa shape index (κ2) is 14.7. The molecule has 2 aliphatic rings. The third-order valence-corrected chi connectivity index (χ3v) is 8.87. The Morgan fingerprint density at radius 2 is 1.54 bits per heavy atom. The van der Waals surface area contributed by atoms with Crippen LogP contribution in [0.2, 0.25) is 0 Å². The maximum atomic E-state index is 13.8. The summed E-state index contributed by atoms with van der Waals surface area (Å²) >= 11 is 0. The third kappa shape index (κ3) is 8.41. The van der Waals surface area contributed by atoms with Crippen LogP contribution in [0.5, 0.6) is 5.75 Å². The maximum absolute atomic E-state index is 13.8. The molecule has 1 aromatic heterocycles. The monoisotopic (exact) mass is 677 g/mol. The molecule has 2 aliphatic heterocycles. The summed E-state index contributed by atoms with van der Waals surface area (Å²) < 4.78 is 94.2. The molecule has 0 unspecified atom stereocenters. The maximum Gasteiger partial charge on any atom is 0.416 e. The fourth-order valence-electron chi connectivity index (χ4n) is 6.17. The van der Waals surface area contributed by atoms with E-state index in [9.17, 15) is 26.3 Å². The van der Waals surface area contributed by atoms with Crippen LogP contribution >= 0.6 is 0 Å². The molecule has 5 rings (SSSR count). The summed E-state index contributed by atoms with van der Waals surface area (Å²) in [5.74, 6) is 1.15. The zero-order chi connectivity index (χ0) is 34.6. The average molecular weight is 678 g/mol. The number of morpholine rings is 1. The lowest BCUT2D eigenvalue weighted by atomic mass is 9.89. The number of anilines is 2. The minimum Gasteiger partial charge on any atom is -0.496 e. The van der Waals surface area contributed by atoms with Crippen molar-refractivity contribution in [2.24, 2.45) is 0 Å². The lowest BCUT2D eigenvalue weighted by Gasteiger charge is -2.34. The number of methoxy groups -OCH3 is 1. The zero-order valence-corrected chi connectivity index (χ0v) is 27.6. The normalized spacial score (nSPS) is 16.5. The molecule has 0 spiro atoms. The van der Waals surface area contributed by atoms with Crippen LogP contribution < -0.4 is 14.5 Å². The number of ether oxygens (including phenoxy) is 2. The molecule has 0 atom stereocenters. The molecule has 0 bridgehead atoms. The highest BCUT2D eigenvalue weighted by molar-refractivity contribution is 5.75. The molecular weight excluding hydrogens is 636 g/mol. The Hall–Kier alpha value is -3.84. The topological polar surface area (TPSA) is 54.0 Å². The molecule has 0 amide bonds. The molecule has 3 heterocycles. The molecule has 3 aromatic rings. The molecule has 0 radical (unpaired) electrons. The molecule has 1 fully saturated rings. The molecular formula is C35H41F6N5O2. The van der Waals surface area contributed by atoms with E-state index in [2.05, 4.69) is 46.6 Å². The minimum absolute atomic E-state index is 0.149. The molecule has 2 aromatic carbocycles. The Morgan fingerprint density at radius 1 is 0.896 bits per heavy atom. The van der Waals surface area contributed by atoms with E-state index in [1.165, 1.54) is 0 Å². The number of rotatable bonds is 10. The van der Waals surface area contributed by atoms with E-state index in [0.717, 1.165) is 53.2 Å². The number of alkyl halides is 6. The molecule has 1 saturated heterocycles. The Kier molecular flexibility index (Phi) is 10.9. The van der Waals surface area contributed by atoms with Gasteiger partial charge in [0.15, 0.2) is 0 Å². The first kappa shape index (κ1) is 35.5. The highest BCUT2D eigenvalue weighted by Gasteiger charge is 2.37. The largest absolute Gasteiger partial charge is 0.496 e. The lowest BCUT2D eigenvalue weighted by Crippen LogP contribution is -2.37. The number of hydrogen-bond acceptors (Lipinski definition) is 7. The Labute approximate surface area is 277 Å².